The summed E-state index contributed by atoms with van der Waals surface area (Å²) in [6.45, 7) is 5.39. The van der Waals surface area contributed by atoms with Crippen LogP contribution in [0.2, 0.25) is 0 Å². The smallest absolute Gasteiger partial charge is 0.329 e. The third-order valence-electron chi connectivity index (χ3n) is 3.18. The van der Waals surface area contributed by atoms with E-state index < -0.39 is 23.5 Å². The van der Waals surface area contributed by atoms with Crippen LogP contribution in [-0.2, 0) is 16.0 Å². The highest BCUT2D eigenvalue weighted by atomic mass is 16.6. The van der Waals surface area contributed by atoms with E-state index in [2.05, 4.69) is 10.3 Å². The maximum absolute atomic E-state index is 12.5. The maximum atomic E-state index is 12.5. The number of aromatic nitrogens is 1. The average Bonchev–Trinajstić information content (AvgIpc) is 2.54. The second kappa shape index (κ2) is 7.73. The zero-order valence-corrected chi connectivity index (χ0v) is 14.2. The molecule has 24 heavy (non-hydrogen) atoms. The lowest BCUT2D eigenvalue weighted by Crippen LogP contribution is -2.45. The van der Waals surface area contributed by atoms with Crippen molar-refractivity contribution in [3.8, 4) is 0 Å². The highest BCUT2D eigenvalue weighted by Crippen LogP contribution is 2.12. The third kappa shape index (κ3) is 5.50. The van der Waals surface area contributed by atoms with Crippen molar-refractivity contribution < 1.29 is 14.3 Å². The normalized spacial score (nSPS) is 12.3. The number of amides is 1. The fourth-order valence-corrected chi connectivity index (χ4v) is 2.15. The van der Waals surface area contributed by atoms with Crippen LogP contribution in [-0.4, -0.2) is 28.5 Å². The zero-order valence-electron chi connectivity index (χ0n) is 14.2. The Bertz CT molecular complexity index is 679. The largest absolute Gasteiger partial charge is 0.458 e. The average molecular weight is 326 g/mol. The Hall–Kier alpha value is -2.69. The molecule has 1 aromatic carbocycles. The van der Waals surface area contributed by atoms with Gasteiger partial charge in [0.15, 0.2) is 0 Å². The molecule has 126 valence electrons. The van der Waals surface area contributed by atoms with Gasteiger partial charge in [-0.3, -0.25) is 9.78 Å². The first kappa shape index (κ1) is 17.7. The Morgan fingerprint density at radius 2 is 1.75 bits per heavy atom. The summed E-state index contributed by atoms with van der Waals surface area (Å²) in [5.41, 5.74) is 0.579. The standard InChI is InChI=1S/C19H22N2O3/c1-19(2,3)24-18(23)16(13-14-9-5-4-6-10-14)21-17(22)15-11-7-8-12-20-15/h4-12,16H,13H2,1-3H3,(H,21,22). The lowest BCUT2D eigenvalue weighted by atomic mass is 10.1. The summed E-state index contributed by atoms with van der Waals surface area (Å²) in [7, 11) is 0. The number of rotatable bonds is 5. The number of esters is 1. The van der Waals surface area contributed by atoms with E-state index in [9.17, 15) is 9.59 Å². The molecule has 0 aliphatic carbocycles. The van der Waals surface area contributed by atoms with Crippen LogP contribution in [0.15, 0.2) is 54.7 Å². The molecule has 0 saturated carbocycles. The molecule has 0 fully saturated rings. The van der Waals surface area contributed by atoms with Crippen LogP contribution in [0.3, 0.4) is 0 Å². The van der Waals surface area contributed by atoms with Gasteiger partial charge < -0.3 is 10.1 Å². The molecule has 1 heterocycles. The van der Waals surface area contributed by atoms with Crippen LogP contribution >= 0.6 is 0 Å². The molecule has 5 nitrogen and oxygen atoms in total. The topological polar surface area (TPSA) is 68.3 Å². The Balaban J connectivity index is 2.15. The molecule has 0 bridgehead atoms. The Labute approximate surface area is 142 Å². The van der Waals surface area contributed by atoms with Gasteiger partial charge in [-0.1, -0.05) is 36.4 Å². The number of hydrogen-bond donors (Lipinski definition) is 1. The van der Waals surface area contributed by atoms with Crippen LogP contribution in [0, 0.1) is 0 Å². The molecule has 0 radical (unpaired) electrons. The molecular weight excluding hydrogens is 304 g/mol. The number of carbonyl (C=O) groups is 2. The Morgan fingerprint density at radius 1 is 1.08 bits per heavy atom. The first-order chi connectivity index (χ1) is 11.3. The molecule has 0 spiro atoms. The molecule has 2 aromatic rings. The molecule has 1 unspecified atom stereocenters. The number of hydrogen-bond acceptors (Lipinski definition) is 4. The van der Waals surface area contributed by atoms with Crippen molar-refractivity contribution in [3.63, 3.8) is 0 Å². The number of pyridine rings is 1. The van der Waals surface area contributed by atoms with E-state index in [1.54, 1.807) is 39.0 Å². The summed E-state index contributed by atoms with van der Waals surface area (Å²) in [5.74, 6) is -0.863. The van der Waals surface area contributed by atoms with E-state index in [4.69, 9.17) is 4.74 Å². The third-order valence-corrected chi connectivity index (χ3v) is 3.18. The van der Waals surface area contributed by atoms with E-state index in [0.29, 0.717) is 6.42 Å². The van der Waals surface area contributed by atoms with Crippen molar-refractivity contribution in [1.82, 2.24) is 10.3 Å². The Kier molecular flexibility index (Phi) is 5.68. The quantitative estimate of drug-likeness (QED) is 0.858. The second-order valence-corrected chi connectivity index (χ2v) is 6.46. The fraction of sp³-hybridized carbons (Fsp3) is 0.316. The summed E-state index contributed by atoms with van der Waals surface area (Å²) in [4.78, 5) is 28.8. The summed E-state index contributed by atoms with van der Waals surface area (Å²) < 4.78 is 5.43. The van der Waals surface area contributed by atoms with Crippen molar-refractivity contribution in [2.75, 3.05) is 0 Å². The van der Waals surface area contributed by atoms with Gasteiger partial charge in [-0.05, 0) is 38.5 Å². The van der Waals surface area contributed by atoms with Crippen molar-refractivity contribution in [2.24, 2.45) is 0 Å². The van der Waals surface area contributed by atoms with Crippen LogP contribution in [0.4, 0.5) is 0 Å². The van der Waals surface area contributed by atoms with Crippen molar-refractivity contribution in [3.05, 3.63) is 66.0 Å². The number of benzene rings is 1. The minimum atomic E-state index is -0.777. The molecule has 5 heteroatoms. The van der Waals surface area contributed by atoms with E-state index in [1.807, 2.05) is 30.3 Å². The monoisotopic (exact) mass is 326 g/mol. The number of nitrogens with zero attached hydrogens (tertiary/aromatic N) is 1. The molecule has 1 aromatic heterocycles. The van der Waals surface area contributed by atoms with E-state index in [-0.39, 0.29) is 5.69 Å². The molecule has 1 N–H and O–H groups in total. The minimum Gasteiger partial charge on any atom is -0.458 e. The molecule has 1 amide bonds. The highest BCUT2D eigenvalue weighted by Gasteiger charge is 2.27. The number of ether oxygens (including phenoxy) is 1. The van der Waals surface area contributed by atoms with E-state index in [1.165, 1.54) is 6.20 Å². The predicted molar refractivity (Wildman–Crippen MR) is 91.5 cm³/mol. The lowest BCUT2D eigenvalue weighted by molar-refractivity contribution is -0.157. The molecule has 2 rings (SSSR count). The van der Waals surface area contributed by atoms with Gasteiger partial charge in [0, 0.05) is 12.6 Å². The summed E-state index contributed by atoms with van der Waals surface area (Å²) >= 11 is 0. The number of nitrogens with one attached hydrogen (secondary N) is 1. The second-order valence-electron chi connectivity index (χ2n) is 6.46. The van der Waals surface area contributed by atoms with Gasteiger partial charge in [-0.25, -0.2) is 4.79 Å². The van der Waals surface area contributed by atoms with Gasteiger partial charge in [0.05, 0.1) is 0 Å². The first-order valence-corrected chi connectivity index (χ1v) is 7.84. The van der Waals surface area contributed by atoms with Gasteiger partial charge in [-0.15, -0.1) is 0 Å². The van der Waals surface area contributed by atoms with Crippen LogP contribution < -0.4 is 5.32 Å². The SMILES string of the molecule is CC(C)(C)OC(=O)C(Cc1ccccc1)NC(=O)c1ccccn1. The van der Waals surface area contributed by atoms with Crippen molar-refractivity contribution in [2.45, 2.75) is 38.8 Å². The Morgan fingerprint density at radius 3 is 2.33 bits per heavy atom. The molecular formula is C19H22N2O3. The van der Waals surface area contributed by atoms with Gasteiger partial charge in [0.1, 0.15) is 17.3 Å². The van der Waals surface area contributed by atoms with Gasteiger partial charge in [0.25, 0.3) is 5.91 Å². The maximum Gasteiger partial charge on any atom is 0.329 e. The van der Waals surface area contributed by atoms with E-state index >= 15 is 0 Å². The molecule has 0 aliphatic heterocycles. The van der Waals surface area contributed by atoms with Gasteiger partial charge in [-0.2, -0.15) is 0 Å². The van der Waals surface area contributed by atoms with Gasteiger partial charge in [0.2, 0.25) is 0 Å². The van der Waals surface area contributed by atoms with Gasteiger partial charge >= 0.3 is 5.97 Å². The minimum absolute atomic E-state index is 0.263. The van der Waals surface area contributed by atoms with Crippen LogP contribution in [0.1, 0.15) is 36.8 Å². The first-order valence-electron chi connectivity index (χ1n) is 7.84. The number of carbonyl (C=O) groups excluding carboxylic acids is 2. The summed E-state index contributed by atoms with van der Waals surface area (Å²) in [5, 5.41) is 2.73. The van der Waals surface area contributed by atoms with Crippen LogP contribution in [0.25, 0.3) is 0 Å². The van der Waals surface area contributed by atoms with Crippen molar-refractivity contribution >= 4 is 11.9 Å². The fourth-order valence-electron chi connectivity index (χ4n) is 2.15. The predicted octanol–water partition coefficient (Wildman–Crippen LogP) is 2.76. The van der Waals surface area contributed by atoms with Crippen molar-refractivity contribution in [1.29, 1.82) is 0 Å². The summed E-state index contributed by atoms with van der Waals surface area (Å²) in [6.07, 6.45) is 1.89. The highest BCUT2D eigenvalue weighted by molar-refractivity contribution is 5.95. The van der Waals surface area contributed by atoms with E-state index in [0.717, 1.165) is 5.56 Å². The lowest BCUT2D eigenvalue weighted by Gasteiger charge is -2.24. The van der Waals surface area contributed by atoms with Crippen LogP contribution in [0.5, 0.6) is 0 Å². The molecule has 1 atom stereocenters. The molecule has 0 saturated heterocycles. The molecule has 0 aliphatic rings. The summed E-state index contributed by atoms with van der Waals surface area (Å²) in [6, 6.07) is 13.8. The zero-order chi connectivity index (χ0) is 17.6.